The second-order valence-electron chi connectivity index (χ2n) is 4.75. The van der Waals surface area contributed by atoms with Gasteiger partial charge in [0, 0.05) is 6.61 Å². The van der Waals surface area contributed by atoms with Crippen molar-refractivity contribution in [2.45, 2.75) is 38.8 Å². The minimum Gasteiger partial charge on any atom is -0.377 e. The van der Waals surface area contributed by atoms with E-state index in [1.807, 2.05) is 37.5 Å². The fourth-order valence-corrected chi connectivity index (χ4v) is 2.51. The molecule has 0 saturated carbocycles. The van der Waals surface area contributed by atoms with Gasteiger partial charge in [-0.1, -0.05) is 6.07 Å². The highest BCUT2D eigenvalue weighted by molar-refractivity contribution is 6.20. The van der Waals surface area contributed by atoms with Gasteiger partial charge in [-0.3, -0.25) is 0 Å². The average Bonchev–Trinajstić information content (AvgIpc) is 2.78. The standard InChI is InChI=1S/C15H18ClN3O/c1-4-20-10(2)9-19-13-7-5-6-12(8-17)14(13)18-15(19)11(3)16/h5-7,10-11H,4,9H2,1-3H3. The largest absolute Gasteiger partial charge is 0.377 e. The van der Waals surface area contributed by atoms with Crippen molar-refractivity contribution in [3.05, 3.63) is 29.6 Å². The van der Waals surface area contributed by atoms with Crippen LogP contribution in [0.5, 0.6) is 0 Å². The van der Waals surface area contributed by atoms with Gasteiger partial charge in [-0.2, -0.15) is 5.26 Å². The number of benzene rings is 1. The summed E-state index contributed by atoms with van der Waals surface area (Å²) in [6.07, 6.45) is 0.0670. The van der Waals surface area contributed by atoms with E-state index in [1.165, 1.54) is 0 Å². The van der Waals surface area contributed by atoms with Gasteiger partial charge in [0.1, 0.15) is 17.4 Å². The lowest BCUT2D eigenvalue weighted by Gasteiger charge is -2.16. The second-order valence-corrected chi connectivity index (χ2v) is 5.40. The van der Waals surface area contributed by atoms with Gasteiger partial charge in [-0.15, -0.1) is 11.6 Å². The van der Waals surface area contributed by atoms with Crippen LogP contribution in [0, 0.1) is 11.3 Å². The highest BCUT2D eigenvalue weighted by Crippen LogP contribution is 2.26. The van der Waals surface area contributed by atoms with E-state index < -0.39 is 0 Å². The van der Waals surface area contributed by atoms with Crippen LogP contribution in [-0.2, 0) is 11.3 Å². The number of ether oxygens (including phenoxy) is 1. The Hall–Kier alpha value is -1.57. The van der Waals surface area contributed by atoms with Gasteiger partial charge < -0.3 is 9.30 Å². The first-order chi connectivity index (χ1) is 9.58. The van der Waals surface area contributed by atoms with Crippen molar-refractivity contribution in [3.63, 3.8) is 0 Å². The van der Waals surface area contributed by atoms with Crippen molar-refractivity contribution in [3.8, 4) is 6.07 Å². The highest BCUT2D eigenvalue weighted by atomic mass is 35.5. The predicted molar refractivity (Wildman–Crippen MR) is 79.8 cm³/mol. The zero-order valence-corrected chi connectivity index (χ0v) is 12.7. The highest BCUT2D eigenvalue weighted by Gasteiger charge is 2.18. The van der Waals surface area contributed by atoms with Crippen LogP contribution >= 0.6 is 11.6 Å². The molecule has 106 valence electrons. The summed E-state index contributed by atoms with van der Waals surface area (Å²) in [6, 6.07) is 7.78. The Morgan fingerprint density at radius 1 is 1.45 bits per heavy atom. The number of rotatable bonds is 5. The Morgan fingerprint density at radius 2 is 2.20 bits per heavy atom. The maximum Gasteiger partial charge on any atom is 0.127 e. The summed E-state index contributed by atoms with van der Waals surface area (Å²) in [5.41, 5.74) is 2.21. The van der Waals surface area contributed by atoms with Gasteiger partial charge in [-0.05, 0) is 32.9 Å². The lowest BCUT2D eigenvalue weighted by molar-refractivity contribution is 0.0642. The second kappa shape index (κ2) is 6.25. The number of imidazole rings is 1. The first-order valence-corrected chi connectivity index (χ1v) is 7.17. The molecule has 0 aliphatic carbocycles. The van der Waals surface area contributed by atoms with E-state index in [9.17, 15) is 5.26 Å². The molecular formula is C15H18ClN3O. The van der Waals surface area contributed by atoms with Gasteiger partial charge in [0.05, 0.1) is 29.1 Å². The molecule has 4 nitrogen and oxygen atoms in total. The Balaban J connectivity index is 2.55. The van der Waals surface area contributed by atoms with Crippen molar-refractivity contribution in [1.82, 2.24) is 9.55 Å². The van der Waals surface area contributed by atoms with Gasteiger partial charge in [0.25, 0.3) is 0 Å². The summed E-state index contributed by atoms with van der Waals surface area (Å²) in [5.74, 6) is 0.774. The van der Waals surface area contributed by atoms with Crippen molar-refractivity contribution in [2.24, 2.45) is 0 Å². The molecule has 1 heterocycles. The molecule has 2 rings (SSSR count). The summed E-state index contributed by atoms with van der Waals surface area (Å²) >= 11 is 6.23. The zero-order valence-electron chi connectivity index (χ0n) is 11.9. The molecule has 5 heteroatoms. The third kappa shape index (κ3) is 2.79. The van der Waals surface area contributed by atoms with E-state index in [-0.39, 0.29) is 11.5 Å². The molecule has 0 aliphatic rings. The molecule has 20 heavy (non-hydrogen) atoms. The third-order valence-corrected chi connectivity index (χ3v) is 3.37. The fourth-order valence-electron chi connectivity index (χ4n) is 2.35. The molecule has 2 unspecified atom stereocenters. The van der Waals surface area contributed by atoms with E-state index in [0.29, 0.717) is 24.2 Å². The van der Waals surface area contributed by atoms with Crippen LogP contribution in [-0.4, -0.2) is 22.3 Å². The Labute approximate surface area is 123 Å². The number of halogens is 1. The lowest BCUT2D eigenvalue weighted by Crippen LogP contribution is -2.18. The molecule has 0 amide bonds. The molecule has 0 aliphatic heterocycles. The fraction of sp³-hybridized carbons (Fsp3) is 0.467. The molecule has 0 spiro atoms. The summed E-state index contributed by atoms with van der Waals surface area (Å²) in [4.78, 5) is 4.55. The van der Waals surface area contributed by atoms with Gasteiger partial charge in [0.2, 0.25) is 0 Å². The van der Waals surface area contributed by atoms with Crippen LogP contribution in [0.15, 0.2) is 18.2 Å². The van der Waals surface area contributed by atoms with E-state index in [2.05, 4.69) is 11.1 Å². The first-order valence-electron chi connectivity index (χ1n) is 6.73. The van der Waals surface area contributed by atoms with E-state index >= 15 is 0 Å². The Bertz CT molecular complexity index is 642. The molecule has 1 aromatic carbocycles. The quantitative estimate of drug-likeness (QED) is 0.790. The Morgan fingerprint density at radius 3 is 2.80 bits per heavy atom. The van der Waals surface area contributed by atoms with Gasteiger partial charge >= 0.3 is 0 Å². The van der Waals surface area contributed by atoms with Crippen molar-refractivity contribution in [1.29, 1.82) is 5.26 Å². The Kier molecular flexibility index (Phi) is 4.64. The van der Waals surface area contributed by atoms with E-state index in [1.54, 1.807) is 6.07 Å². The lowest BCUT2D eigenvalue weighted by atomic mass is 10.2. The number of para-hydroxylation sites is 1. The number of hydrogen-bond donors (Lipinski definition) is 0. The smallest absolute Gasteiger partial charge is 0.127 e. The van der Waals surface area contributed by atoms with Crippen LogP contribution in [0.2, 0.25) is 0 Å². The zero-order chi connectivity index (χ0) is 14.7. The maximum atomic E-state index is 9.18. The molecule has 2 aromatic rings. The van der Waals surface area contributed by atoms with E-state index in [0.717, 1.165) is 11.3 Å². The monoisotopic (exact) mass is 291 g/mol. The summed E-state index contributed by atoms with van der Waals surface area (Å²) in [5, 5.41) is 8.96. The number of hydrogen-bond acceptors (Lipinski definition) is 3. The van der Waals surface area contributed by atoms with Gasteiger partial charge in [0.15, 0.2) is 0 Å². The average molecular weight is 292 g/mol. The normalized spacial score (nSPS) is 14.2. The molecular weight excluding hydrogens is 274 g/mol. The van der Waals surface area contributed by atoms with Crippen LogP contribution < -0.4 is 0 Å². The molecule has 0 saturated heterocycles. The number of nitriles is 1. The van der Waals surface area contributed by atoms with Crippen molar-refractivity contribution >= 4 is 22.6 Å². The van der Waals surface area contributed by atoms with Crippen LogP contribution in [0.1, 0.15) is 37.5 Å². The van der Waals surface area contributed by atoms with Crippen LogP contribution in [0.4, 0.5) is 0 Å². The number of alkyl halides is 1. The molecule has 0 bridgehead atoms. The minimum atomic E-state index is -0.220. The molecule has 2 atom stereocenters. The molecule has 0 fully saturated rings. The number of nitrogens with zero attached hydrogens (tertiary/aromatic N) is 3. The van der Waals surface area contributed by atoms with Crippen LogP contribution in [0.3, 0.4) is 0 Å². The first kappa shape index (κ1) is 14.8. The summed E-state index contributed by atoms with van der Waals surface area (Å²) in [7, 11) is 0. The summed E-state index contributed by atoms with van der Waals surface area (Å²) in [6.45, 7) is 7.22. The molecule has 1 aromatic heterocycles. The van der Waals surface area contributed by atoms with Crippen LogP contribution in [0.25, 0.3) is 11.0 Å². The predicted octanol–water partition coefficient (Wildman–Crippen LogP) is 3.63. The van der Waals surface area contributed by atoms with E-state index in [4.69, 9.17) is 16.3 Å². The topological polar surface area (TPSA) is 50.8 Å². The van der Waals surface area contributed by atoms with Crippen molar-refractivity contribution < 1.29 is 4.74 Å². The number of fused-ring (bicyclic) bond motifs is 1. The minimum absolute atomic E-state index is 0.0670. The SMILES string of the molecule is CCOC(C)Cn1c(C(C)Cl)nc2c(C#N)cccc21. The molecule has 0 N–H and O–H groups in total. The summed E-state index contributed by atoms with van der Waals surface area (Å²) < 4.78 is 7.65. The molecule has 0 radical (unpaired) electrons. The number of aromatic nitrogens is 2. The third-order valence-electron chi connectivity index (χ3n) is 3.18. The van der Waals surface area contributed by atoms with Gasteiger partial charge in [-0.25, -0.2) is 4.98 Å². The van der Waals surface area contributed by atoms with Crippen molar-refractivity contribution in [2.75, 3.05) is 6.61 Å². The maximum absolute atomic E-state index is 9.18.